The molecule has 1 aromatic carbocycles. The molecule has 0 saturated carbocycles. The monoisotopic (exact) mass is 230 g/mol. The maximum atomic E-state index is 10.9. The van der Waals surface area contributed by atoms with E-state index in [9.17, 15) is 4.79 Å². The third-order valence-corrected chi connectivity index (χ3v) is 2.12. The predicted molar refractivity (Wildman–Crippen MR) is 59.8 cm³/mol. The normalized spacial score (nSPS) is 9.88. The van der Waals surface area contributed by atoms with Gasteiger partial charge in [0.2, 0.25) is 5.88 Å². The van der Waals surface area contributed by atoms with Crippen molar-refractivity contribution in [3.8, 4) is 5.88 Å². The molecule has 86 valence electrons. The first-order chi connectivity index (χ1) is 8.27. The van der Waals surface area contributed by atoms with Gasteiger partial charge in [-0.2, -0.15) is 0 Å². The quantitative estimate of drug-likeness (QED) is 0.866. The molecule has 2 aromatic rings. The van der Waals surface area contributed by atoms with Crippen molar-refractivity contribution in [3.63, 3.8) is 0 Å². The summed E-state index contributed by atoms with van der Waals surface area (Å²) in [5.41, 5.74) is 0.908. The van der Waals surface area contributed by atoms with Gasteiger partial charge in [-0.3, -0.25) is 0 Å². The molecule has 17 heavy (non-hydrogen) atoms. The Balaban J connectivity index is 2.12. The fourth-order valence-corrected chi connectivity index (χ4v) is 1.31. The topological polar surface area (TPSA) is 72.3 Å². The Morgan fingerprint density at radius 2 is 2.06 bits per heavy atom. The summed E-state index contributed by atoms with van der Waals surface area (Å²) in [5.74, 6) is -1.02. The number of aromatic nitrogens is 2. The van der Waals surface area contributed by atoms with Gasteiger partial charge in [-0.15, -0.1) is 0 Å². The lowest BCUT2D eigenvalue weighted by Gasteiger charge is -2.06. The molecule has 0 aliphatic carbocycles. The molecule has 0 aliphatic heterocycles. The lowest BCUT2D eigenvalue weighted by molar-refractivity contribution is 0.0690. The zero-order valence-electron chi connectivity index (χ0n) is 8.91. The Kier molecular flexibility index (Phi) is 3.30. The molecule has 0 bridgehead atoms. The van der Waals surface area contributed by atoms with Crippen molar-refractivity contribution in [2.24, 2.45) is 0 Å². The van der Waals surface area contributed by atoms with Gasteiger partial charge in [-0.05, 0) is 5.56 Å². The van der Waals surface area contributed by atoms with Crippen LogP contribution >= 0.6 is 0 Å². The largest absolute Gasteiger partial charge is 0.477 e. The zero-order valence-corrected chi connectivity index (χ0v) is 8.91. The fourth-order valence-electron chi connectivity index (χ4n) is 1.31. The van der Waals surface area contributed by atoms with Crippen LogP contribution in [-0.4, -0.2) is 21.0 Å². The second-order valence-corrected chi connectivity index (χ2v) is 3.32. The van der Waals surface area contributed by atoms with Crippen LogP contribution in [0.1, 0.15) is 15.9 Å². The molecule has 5 nitrogen and oxygen atoms in total. The number of ether oxygens (including phenoxy) is 1. The molecule has 1 heterocycles. The molecule has 1 aromatic heterocycles. The van der Waals surface area contributed by atoms with Crippen molar-refractivity contribution in [3.05, 3.63) is 54.0 Å². The molecular formula is C12H10N2O3. The van der Waals surface area contributed by atoms with Crippen LogP contribution in [0.15, 0.2) is 42.9 Å². The van der Waals surface area contributed by atoms with Gasteiger partial charge >= 0.3 is 5.97 Å². The van der Waals surface area contributed by atoms with E-state index < -0.39 is 5.97 Å². The highest BCUT2D eigenvalue weighted by atomic mass is 16.5. The van der Waals surface area contributed by atoms with Gasteiger partial charge in [-0.25, -0.2) is 14.8 Å². The third kappa shape index (κ3) is 2.78. The first-order valence-corrected chi connectivity index (χ1v) is 4.97. The zero-order chi connectivity index (χ0) is 12.1. The Morgan fingerprint density at radius 3 is 2.76 bits per heavy atom. The van der Waals surface area contributed by atoms with Crippen LogP contribution in [0.4, 0.5) is 0 Å². The number of nitrogens with zero attached hydrogens (tertiary/aromatic N) is 2. The lowest BCUT2D eigenvalue weighted by atomic mass is 10.2. The first-order valence-electron chi connectivity index (χ1n) is 4.97. The van der Waals surface area contributed by atoms with E-state index in [1.54, 1.807) is 0 Å². The Hall–Kier alpha value is -2.43. The van der Waals surface area contributed by atoms with Crippen LogP contribution in [0, 0.1) is 0 Å². The summed E-state index contributed by atoms with van der Waals surface area (Å²) < 4.78 is 5.35. The van der Waals surface area contributed by atoms with Crippen molar-refractivity contribution < 1.29 is 14.6 Å². The van der Waals surface area contributed by atoms with Gasteiger partial charge in [0, 0.05) is 6.20 Å². The van der Waals surface area contributed by atoms with Crippen LogP contribution in [0.2, 0.25) is 0 Å². The van der Waals surface area contributed by atoms with E-state index in [4.69, 9.17) is 9.84 Å². The van der Waals surface area contributed by atoms with E-state index in [0.29, 0.717) is 0 Å². The molecule has 0 atom stereocenters. The summed E-state index contributed by atoms with van der Waals surface area (Å²) in [6, 6.07) is 9.45. The van der Waals surface area contributed by atoms with Crippen LogP contribution < -0.4 is 4.74 Å². The minimum Gasteiger partial charge on any atom is -0.477 e. The van der Waals surface area contributed by atoms with Gasteiger partial charge in [0.05, 0.1) is 0 Å². The van der Waals surface area contributed by atoms with Crippen molar-refractivity contribution in [1.29, 1.82) is 0 Å². The third-order valence-electron chi connectivity index (χ3n) is 2.12. The standard InChI is InChI=1S/C12H10N2O3/c15-12(16)10-6-13-8-14-11(10)17-7-9-4-2-1-3-5-9/h1-6,8H,7H2,(H,15,16). The minimum atomic E-state index is -1.10. The van der Waals surface area contributed by atoms with Crippen molar-refractivity contribution in [1.82, 2.24) is 9.97 Å². The van der Waals surface area contributed by atoms with Crippen molar-refractivity contribution in [2.45, 2.75) is 6.61 Å². The number of hydrogen-bond acceptors (Lipinski definition) is 4. The number of aromatic carboxylic acids is 1. The number of rotatable bonds is 4. The summed E-state index contributed by atoms with van der Waals surface area (Å²) in [7, 11) is 0. The van der Waals surface area contributed by atoms with E-state index in [-0.39, 0.29) is 18.1 Å². The lowest BCUT2D eigenvalue weighted by Crippen LogP contribution is -2.05. The highest BCUT2D eigenvalue weighted by Crippen LogP contribution is 2.14. The number of carboxylic acids is 1. The van der Waals surface area contributed by atoms with Gasteiger partial charge in [0.25, 0.3) is 0 Å². The Morgan fingerprint density at radius 1 is 1.29 bits per heavy atom. The van der Waals surface area contributed by atoms with Crippen molar-refractivity contribution >= 4 is 5.97 Å². The first kappa shape index (κ1) is 11.1. The summed E-state index contributed by atoms with van der Waals surface area (Å²) in [4.78, 5) is 18.3. The molecular weight excluding hydrogens is 220 g/mol. The van der Waals surface area contributed by atoms with Crippen LogP contribution in [-0.2, 0) is 6.61 Å². The molecule has 5 heteroatoms. The summed E-state index contributed by atoms with van der Waals surface area (Å²) in [6.07, 6.45) is 2.47. The number of benzene rings is 1. The second kappa shape index (κ2) is 5.07. The van der Waals surface area contributed by atoms with E-state index in [2.05, 4.69) is 9.97 Å². The van der Waals surface area contributed by atoms with Crippen LogP contribution in [0.25, 0.3) is 0 Å². The molecule has 2 rings (SSSR count). The molecule has 0 radical (unpaired) electrons. The average Bonchev–Trinajstić information content (AvgIpc) is 2.38. The summed E-state index contributed by atoms with van der Waals surface area (Å²) >= 11 is 0. The number of hydrogen-bond donors (Lipinski definition) is 1. The molecule has 1 N–H and O–H groups in total. The Labute approximate surface area is 97.7 Å². The minimum absolute atomic E-state index is 0.0385. The van der Waals surface area contributed by atoms with E-state index in [0.717, 1.165) is 5.56 Å². The highest BCUT2D eigenvalue weighted by Gasteiger charge is 2.12. The molecule has 0 fully saturated rings. The molecule has 0 saturated heterocycles. The van der Waals surface area contributed by atoms with E-state index >= 15 is 0 Å². The summed E-state index contributed by atoms with van der Waals surface area (Å²) in [6.45, 7) is 0.276. The van der Waals surface area contributed by atoms with Crippen LogP contribution in [0.3, 0.4) is 0 Å². The predicted octanol–water partition coefficient (Wildman–Crippen LogP) is 1.75. The van der Waals surface area contributed by atoms with Gasteiger partial charge in [0.1, 0.15) is 18.5 Å². The Bertz CT molecular complexity index is 514. The number of carboxylic acid groups (broad SMARTS) is 1. The number of carbonyl (C=O) groups is 1. The molecule has 0 amide bonds. The summed E-state index contributed by atoms with van der Waals surface area (Å²) in [5, 5.41) is 8.90. The van der Waals surface area contributed by atoms with Crippen molar-refractivity contribution in [2.75, 3.05) is 0 Å². The van der Waals surface area contributed by atoms with E-state index in [1.807, 2.05) is 30.3 Å². The van der Waals surface area contributed by atoms with Crippen LogP contribution in [0.5, 0.6) is 5.88 Å². The average molecular weight is 230 g/mol. The van der Waals surface area contributed by atoms with E-state index in [1.165, 1.54) is 12.5 Å². The smallest absolute Gasteiger partial charge is 0.342 e. The van der Waals surface area contributed by atoms with Gasteiger partial charge in [0.15, 0.2) is 0 Å². The second-order valence-electron chi connectivity index (χ2n) is 3.32. The molecule has 0 unspecified atom stereocenters. The molecule has 0 spiro atoms. The fraction of sp³-hybridized carbons (Fsp3) is 0.0833. The van der Waals surface area contributed by atoms with Gasteiger partial charge in [-0.1, -0.05) is 30.3 Å². The maximum absolute atomic E-state index is 10.9. The SMILES string of the molecule is O=C(O)c1cncnc1OCc1ccccc1. The maximum Gasteiger partial charge on any atom is 0.342 e. The van der Waals surface area contributed by atoms with Gasteiger partial charge < -0.3 is 9.84 Å². The highest BCUT2D eigenvalue weighted by molar-refractivity contribution is 5.89. The molecule has 0 aliphatic rings.